The Morgan fingerprint density at radius 2 is 1.90 bits per heavy atom. The molecule has 0 unspecified atom stereocenters. The predicted molar refractivity (Wildman–Crippen MR) is 76.3 cm³/mol. The number of aliphatic carboxylic acids is 1. The van der Waals surface area contributed by atoms with Gasteiger partial charge in [0, 0.05) is 45.7 Å². The molecule has 1 saturated heterocycles. The van der Waals surface area contributed by atoms with Crippen LogP contribution in [0, 0.1) is 12.3 Å². The fourth-order valence-electron chi connectivity index (χ4n) is 2.09. The van der Waals surface area contributed by atoms with Crippen molar-refractivity contribution < 1.29 is 14.7 Å². The molecule has 1 rings (SSSR count). The number of nitrogens with one attached hydrogen (secondary N) is 1. The van der Waals surface area contributed by atoms with Crippen LogP contribution in [0.15, 0.2) is 0 Å². The monoisotopic (exact) mass is 281 g/mol. The minimum Gasteiger partial charge on any atom is -0.481 e. The van der Waals surface area contributed by atoms with Crippen molar-refractivity contribution >= 4 is 12.0 Å². The highest BCUT2D eigenvalue weighted by atomic mass is 16.4. The summed E-state index contributed by atoms with van der Waals surface area (Å²) in [6.45, 7) is 3.97. The number of rotatable bonds is 7. The third-order valence-electron chi connectivity index (χ3n) is 3.33. The van der Waals surface area contributed by atoms with Gasteiger partial charge in [-0.25, -0.2) is 4.79 Å². The van der Waals surface area contributed by atoms with Gasteiger partial charge >= 0.3 is 12.0 Å². The summed E-state index contributed by atoms with van der Waals surface area (Å²) < 4.78 is 0. The quantitative estimate of drug-likeness (QED) is 0.529. The van der Waals surface area contributed by atoms with Gasteiger partial charge in [0.25, 0.3) is 0 Å². The number of unbranched alkanes of at least 4 members (excludes halogenated alkanes) is 2. The largest absolute Gasteiger partial charge is 0.481 e. The number of carbonyl (C=O) groups is 2. The molecule has 0 radical (unpaired) electrons. The van der Waals surface area contributed by atoms with Gasteiger partial charge < -0.3 is 15.3 Å². The smallest absolute Gasteiger partial charge is 0.317 e. The molecule has 6 heteroatoms. The molecule has 6 nitrogen and oxygen atoms in total. The third-order valence-corrected chi connectivity index (χ3v) is 3.33. The van der Waals surface area contributed by atoms with Crippen LogP contribution in [0.1, 0.15) is 25.7 Å². The van der Waals surface area contributed by atoms with Crippen molar-refractivity contribution in [2.75, 3.05) is 39.3 Å². The Kier molecular flexibility index (Phi) is 7.51. The number of hydrogen-bond acceptors (Lipinski definition) is 3. The highest BCUT2D eigenvalue weighted by Gasteiger charge is 2.20. The fourth-order valence-corrected chi connectivity index (χ4v) is 2.09. The van der Waals surface area contributed by atoms with Gasteiger partial charge in [-0.2, -0.15) is 0 Å². The molecule has 2 N–H and O–H groups in total. The number of terminal acetylenes is 1. The summed E-state index contributed by atoms with van der Waals surface area (Å²) in [7, 11) is 0. The summed E-state index contributed by atoms with van der Waals surface area (Å²) in [5.41, 5.74) is 0. The maximum absolute atomic E-state index is 11.9. The van der Waals surface area contributed by atoms with E-state index < -0.39 is 5.97 Å². The van der Waals surface area contributed by atoms with Crippen molar-refractivity contribution in [1.29, 1.82) is 0 Å². The number of hydrogen-bond donors (Lipinski definition) is 2. The van der Waals surface area contributed by atoms with Crippen molar-refractivity contribution in [2.45, 2.75) is 25.7 Å². The zero-order chi connectivity index (χ0) is 14.8. The average molecular weight is 281 g/mol. The summed E-state index contributed by atoms with van der Waals surface area (Å²) in [5.74, 6) is 1.79. The molecule has 1 aliphatic heterocycles. The van der Waals surface area contributed by atoms with Crippen LogP contribution in [-0.4, -0.2) is 66.2 Å². The van der Waals surface area contributed by atoms with E-state index >= 15 is 0 Å². The molecule has 0 atom stereocenters. The summed E-state index contributed by atoms with van der Waals surface area (Å²) in [5, 5.41) is 11.5. The van der Waals surface area contributed by atoms with Crippen molar-refractivity contribution in [3.8, 4) is 12.3 Å². The average Bonchev–Trinajstić information content (AvgIpc) is 2.45. The highest BCUT2D eigenvalue weighted by molar-refractivity contribution is 5.74. The van der Waals surface area contributed by atoms with E-state index in [1.807, 2.05) is 0 Å². The van der Waals surface area contributed by atoms with Gasteiger partial charge in [-0.1, -0.05) is 0 Å². The van der Waals surface area contributed by atoms with Crippen molar-refractivity contribution in [1.82, 2.24) is 15.1 Å². The van der Waals surface area contributed by atoms with E-state index in [4.69, 9.17) is 11.5 Å². The van der Waals surface area contributed by atoms with Crippen LogP contribution in [0.25, 0.3) is 0 Å². The highest BCUT2D eigenvalue weighted by Crippen LogP contribution is 2.03. The third kappa shape index (κ3) is 6.43. The lowest BCUT2D eigenvalue weighted by atomic mass is 10.2. The molecule has 0 aromatic carbocycles. The van der Waals surface area contributed by atoms with Gasteiger partial charge in [0.1, 0.15) is 0 Å². The van der Waals surface area contributed by atoms with E-state index in [1.54, 1.807) is 4.90 Å². The minimum absolute atomic E-state index is 0.0383. The van der Waals surface area contributed by atoms with Crippen LogP contribution in [0.5, 0.6) is 0 Å². The first-order chi connectivity index (χ1) is 9.63. The molecule has 1 fully saturated rings. The second kappa shape index (κ2) is 9.21. The van der Waals surface area contributed by atoms with Gasteiger partial charge in [-0.05, 0) is 12.8 Å². The Morgan fingerprint density at radius 3 is 2.50 bits per heavy atom. The SMILES string of the molecule is C#CCCCCNC(=O)N1CCN(CCC(=O)O)CC1. The second-order valence-corrected chi connectivity index (χ2v) is 4.87. The topological polar surface area (TPSA) is 72.9 Å². The van der Waals surface area contributed by atoms with Gasteiger partial charge in [0.15, 0.2) is 0 Å². The van der Waals surface area contributed by atoms with Crippen LogP contribution in [0.4, 0.5) is 4.79 Å². The molecular weight excluding hydrogens is 258 g/mol. The van der Waals surface area contributed by atoms with E-state index in [2.05, 4.69) is 16.1 Å². The Morgan fingerprint density at radius 1 is 1.20 bits per heavy atom. The molecule has 0 bridgehead atoms. The van der Waals surface area contributed by atoms with E-state index in [-0.39, 0.29) is 12.5 Å². The Bertz CT molecular complexity index is 357. The zero-order valence-corrected chi connectivity index (χ0v) is 11.8. The Hall–Kier alpha value is -1.74. The first-order valence-corrected chi connectivity index (χ1v) is 7.04. The normalized spacial score (nSPS) is 15.7. The van der Waals surface area contributed by atoms with E-state index in [9.17, 15) is 9.59 Å². The van der Waals surface area contributed by atoms with Crippen LogP contribution in [-0.2, 0) is 4.79 Å². The van der Waals surface area contributed by atoms with Crippen molar-refractivity contribution in [3.63, 3.8) is 0 Å². The van der Waals surface area contributed by atoms with Gasteiger partial charge in [-0.3, -0.25) is 9.69 Å². The van der Waals surface area contributed by atoms with Gasteiger partial charge in [-0.15, -0.1) is 12.3 Å². The fraction of sp³-hybridized carbons (Fsp3) is 0.714. The first kappa shape index (κ1) is 16.3. The van der Waals surface area contributed by atoms with E-state index in [0.717, 1.165) is 32.4 Å². The van der Waals surface area contributed by atoms with E-state index in [1.165, 1.54) is 0 Å². The maximum atomic E-state index is 11.9. The molecule has 0 aromatic rings. The number of piperazine rings is 1. The van der Waals surface area contributed by atoms with Gasteiger partial charge in [0.05, 0.1) is 6.42 Å². The molecule has 2 amide bonds. The first-order valence-electron chi connectivity index (χ1n) is 7.04. The number of carboxylic acid groups (broad SMARTS) is 1. The molecule has 1 heterocycles. The van der Waals surface area contributed by atoms with Crippen LogP contribution in [0.2, 0.25) is 0 Å². The molecule has 0 aliphatic carbocycles. The number of carbonyl (C=O) groups excluding carboxylic acids is 1. The number of carboxylic acids is 1. The minimum atomic E-state index is -0.780. The lowest BCUT2D eigenvalue weighted by Crippen LogP contribution is -2.52. The predicted octanol–water partition coefficient (Wildman–Crippen LogP) is 0.592. The molecule has 112 valence electrons. The Balaban J connectivity index is 2.12. The summed E-state index contributed by atoms with van der Waals surface area (Å²) in [6, 6.07) is -0.0383. The molecule has 0 saturated carbocycles. The molecule has 0 aromatic heterocycles. The molecule has 1 aliphatic rings. The summed E-state index contributed by atoms with van der Waals surface area (Å²) >= 11 is 0. The Labute approximate surface area is 120 Å². The second-order valence-electron chi connectivity index (χ2n) is 4.87. The van der Waals surface area contributed by atoms with Crippen LogP contribution < -0.4 is 5.32 Å². The lowest BCUT2D eigenvalue weighted by Gasteiger charge is -2.34. The van der Waals surface area contributed by atoms with Crippen LogP contribution >= 0.6 is 0 Å². The maximum Gasteiger partial charge on any atom is 0.317 e. The lowest BCUT2D eigenvalue weighted by molar-refractivity contribution is -0.137. The molecule has 0 spiro atoms. The number of nitrogens with zero attached hydrogens (tertiary/aromatic N) is 2. The molecule has 20 heavy (non-hydrogen) atoms. The number of urea groups is 1. The van der Waals surface area contributed by atoms with E-state index in [0.29, 0.717) is 26.2 Å². The molecular formula is C14H23N3O3. The standard InChI is InChI=1S/C14H23N3O3/c1-2-3-4-5-7-15-14(20)17-11-9-16(10-12-17)8-6-13(18)19/h1H,3-12H2,(H,15,20)(H,18,19). The summed E-state index contributed by atoms with van der Waals surface area (Å²) in [6.07, 6.45) is 7.89. The van der Waals surface area contributed by atoms with Gasteiger partial charge in [0.2, 0.25) is 0 Å². The van der Waals surface area contributed by atoms with Crippen molar-refractivity contribution in [2.24, 2.45) is 0 Å². The number of amides is 2. The van der Waals surface area contributed by atoms with Crippen LogP contribution in [0.3, 0.4) is 0 Å². The zero-order valence-electron chi connectivity index (χ0n) is 11.8. The van der Waals surface area contributed by atoms with Crippen molar-refractivity contribution in [3.05, 3.63) is 0 Å². The summed E-state index contributed by atoms with van der Waals surface area (Å²) in [4.78, 5) is 26.2.